The number of fused-ring (bicyclic) bond motifs is 1. The van der Waals surface area contributed by atoms with Gasteiger partial charge in [-0.05, 0) is 48.0 Å². The Kier molecular flexibility index (Phi) is 4.25. The lowest BCUT2D eigenvalue weighted by atomic mass is 10.2. The number of carbonyl (C=O) groups excluding carboxylic acids is 1. The van der Waals surface area contributed by atoms with Crippen LogP contribution in [0.1, 0.15) is 10.4 Å². The molecule has 27 heavy (non-hydrogen) atoms. The van der Waals surface area contributed by atoms with Crippen molar-refractivity contribution in [3.8, 4) is 11.4 Å². The van der Waals surface area contributed by atoms with Gasteiger partial charge in [-0.25, -0.2) is 23.7 Å². The Morgan fingerprint density at radius 1 is 1.04 bits per heavy atom. The molecule has 0 unspecified atom stereocenters. The molecular weight excluding hydrogens is 376 g/mol. The lowest BCUT2D eigenvalue weighted by Crippen LogP contribution is -2.12. The minimum absolute atomic E-state index is 0.00971. The summed E-state index contributed by atoms with van der Waals surface area (Å²) in [7, 11) is 0. The van der Waals surface area contributed by atoms with Gasteiger partial charge in [-0.2, -0.15) is 0 Å². The molecule has 6 nitrogen and oxygen atoms in total. The summed E-state index contributed by atoms with van der Waals surface area (Å²) in [6.07, 6.45) is 4.00. The molecular formula is C18H10ClF2N5O. The van der Waals surface area contributed by atoms with Crippen LogP contribution < -0.4 is 5.32 Å². The number of aromatic nitrogens is 4. The quantitative estimate of drug-likeness (QED) is 0.541. The SMILES string of the molecule is O=C(Nc1ccc2ncc(-c3nc(Cl)ncc3F)n2c1)c1ccc(F)cc1. The first-order chi connectivity index (χ1) is 13.0. The van der Waals surface area contributed by atoms with Crippen molar-refractivity contribution < 1.29 is 13.6 Å². The molecule has 9 heteroatoms. The summed E-state index contributed by atoms with van der Waals surface area (Å²) in [6, 6.07) is 8.47. The summed E-state index contributed by atoms with van der Waals surface area (Å²) >= 11 is 5.76. The highest BCUT2D eigenvalue weighted by Crippen LogP contribution is 2.24. The molecule has 0 saturated heterocycles. The maximum Gasteiger partial charge on any atom is 0.255 e. The molecule has 0 saturated carbocycles. The second kappa shape index (κ2) is 6.73. The van der Waals surface area contributed by atoms with E-state index in [1.165, 1.54) is 30.5 Å². The number of anilines is 1. The number of halogens is 3. The zero-order chi connectivity index (χ0) is 19.0. The van der Waals surface area contributed by atoms with E-state index < -0.39 is 17.5 Å². The third-order valence-electron chi connectivity index (χ3n) is 3.83. The number of pyridine rings is 1. The van der Waals surface area contributed by atoms with Crippen molar-refractivity contribution in [3.63, 3.8) is 0 Å². The Balaban J connectivity index is 1.70. The summed E-state index contributed by atoms with van der Waals surface area (Å²) < 4.78 is 28.7. The van der Waals surface area contributed by atoms with Crippen LogP contribution in [-0.2, 0) is 0 Å². The zero-order valence-electron chi connectivity index (χ0n) is 13.5. The van der Waals surface area contributed by atoms with E-state index in [1.54, 1.807) is 22.7 Å². The van der Waals surface area contributed by atoms with E-state index in [2.05, 4.69) is 20.3 Å². The van der Waals surface area contributed by atoms with E-state index in [0.29, 0.717) is 22.6 Å². The molecule has 0 aliphatic heterocycles. The number of rotatable bonds is 3. The van der Waals surface area contributed by atoms with Crippen LogP contribution in [0.15, 0.2) is 55.0 Å². The van der Waals surface area contributed by atoms with Crippen molar-refractivity contribution in [3.05, 3.63) is 77.5 Å². The smallest absolute Gasteiger partial charge is 0.255 e. The number of benzene rings is 1. The van der Waals surface area contributed by atoms with Gasteiger partial charge >= 0.3 is 0 Å². The number of nitrogens with one attached hydrogen (secondary N) is 1. The van der Waals surface area contributed by atoms with E-state index in [9.17, 15) is 13.6 Å². The second-order valence-corrected chi connectivity index (χ2v) is 5.92. The van der Waals surface area contributed by atoms with Crippen molar-refractivity contribution in [1.29, 1.82) is 0 Å². The van der Waals surface area contributed by atoms with Crippen LogP contribution in [0.5, 0.6) is 0 Å². The number of carbonyl (C=O) groups is 1. The molecule has 1 amide bonds. The normalized spacial score (nSPS) is 10.9. The summed E-state index contributed by atoms with van der Waals surface area (Å²) in [6.45, 7) is 0. The molecule has 0 atom stereocenters. The van der Waals surface area contributed by atoms with Gasteiger partial charge in [0.05, 0.1) is 23.8 Å². The monoisotopic (exact) mass is 385 g/mol. The van der Waals surface area contributed by atoms with Gasteiger partial charge in [-0.1, -0.05) is 0 Å². The fourth-order valence-corrected chi connectivity index (χ4v) is 2.69. The fourth-order valence-electron chi connectivity index (χ4n) is 2.56. The molecule has 0 spiro atoms. The summed E-state index contributed by atoms with van der Waals surface area (Å²) in [5, 5.41) is 2.61. The summed E-state index contributed by atoms with van der Waals surface area (Å²) in [5.74, 6) is -1.49. The second-order valence-electron chi connectivity index (χ2n) is 5.59. The molecule has 0 aliphatic carbocycles. The van der Waals surface area contributed by atoms with Gasteiger partial charge in [0.25, 0.3) is 5.91 Å². The third-order valence-corrected chi connectivity index (χ3v) is 4.01. The molecule has 0 radical (unpaired) electrons. The topological polar surface area (TPSA) is 72.2 Å². The first kappa shape index (κ1) is 17.0. The number of imidazole rings is 1. The zero-order valence-corrected chi connectivity index (χ0v) is 14.3. The standard InChI is InChI=1S/C18H10ClF2N5O/c19-18-23-7-13(21)16(25-18)14-8-22-15-6-5-12(9-26(14)15)24-17(27)10-1-3-11(20)4-2-10/h1-9H,(H,24,27). The van der Waals surface area contributed by atoms with Crippen LogP contribution in [0, 0.1) is 11.6 Å². The molecule has 0 fully saturated rings. The molecule has 1 N–H and O–H groups in total. The summed E-state index contributed by atoms with van der Waals surface area (Å²) in [5.41, 5.74) is 1.61. The molecule has 4 rings (SSSR count). The van der Waals surface area contributed by atoms with Gasteiger partial charge < -0.3 is 5.32 Å². The predicted molar refractivity (Wildman–Crippen MR) is 95.5 cm³/mol. The maximum absolute atomic E-state index is 14.1. The molecule has 3 aromatic heterocycles. The van der Waals surface area contributed by atoms with Gasteiger partial charge in [-0.3, -0.25) is 9.20 Å². The highest BCUT2D eigenvalue weighted by Gasteiger charge is 2.15. The number of hydrogen-bond acceptors (Lipinski definition) is 4. The van der Waals surface area contributed by atoms with Gasteiger partial charge in [0, 0.05) is 11.8 Å². The van der Waals surface area contributed by atoms with Gasteiger partial charge in [0.2, 0.25) is 5.28 Å². The van der Waals surface area contributed by atoms with Crippen molar-refractivity contribution in [1.82, 2.24) is 19.4 Å². The highest BCUT2D eigenvalue weighted by molar-refractivity contribution is 6.28. The third kappa shape index (κ3) is 3.34. The van der Waals surface area contributed by atoms with Crippen LogP contribution in [0.2, 0.25) is 5.28 Å². The van der Waals surface area contributed by atoms with Gasteiger partial charge in [0.1, 0.15) is 17.2 Å². The van der Waals surface area contributed by atoms with Crippen molar-refractivity contribution in [2.45, 2.75) is 0 Å². The van der Waals surface area contributed by atoms with Crippen LogP contribution in [0.25, 0.3) is 17.0 Å². The first-order valence-corrected chi connectivity index (χ1v) is 8.11. The largest absolute Gasteiger partial charge is 0.321 e. The Bertz CT molecular complexity index is 1160. The minimum atomic E-state index is -0.651. The lowest BCUT2D eigenvalue weighted by Gasteiger charge is -2.08. The molecule has 1 aromatic carbocycles. The molecule has 3 heterocycles. The van der Waals surface area contributed by atoms with E-state index in [1.807, 2.05) is 0 Å². The maximum atomic E-state index is 14.1. The Morgan fingerprint density at radius 2 is 1.81 bits per heavy atom. The van der Waals surface area contributed by atoms with E-state index in [-0.39, 0.29) is 11.0 Å². The van der Waals surface area contributed by atoms with Crippen molar-refractivity contribution in [2.24, 2.45) is 0 Å². The molecule has 134 valence electrons. The van der Waals surface area contributed by atoms with Crippen LogP contribution in [-0.4, -0.2) is 25.3 Å². The highest BCUT2D eigenvalue weighted by atomic mass is 35.5. The Morgan fingerprint density at radius 3 is 2.59 bits per heavy atom. The lowest BCUT2D eigenvalue weighted by molar-refractivity contribution is 0.102. The van der Waals surface area contributed by atoms with E-state index in [0.717, 1.165) is 6.20 Å². The van der Waals surface area contributed by atoms with Crippen LogP contribution in [0.4, 0.5) is 14.5 Å². The van der Waals surface area contributed by atoms with Crippen molar-refractivity contribution in [2.75, 3.05) is 5.32 Å². The summed E-state index contributed by atoms with van der Waals surface area (Å²) in [4.78, 5) is 24.0. The Labute approximate surface area is 156 Å². The molecule has 4 aromatic rings. The fraction of sp³-hybridized carbons (Fsp3) is 0. The number of hydrogen-bond donors (Lipinski definition) is 1. The predicted octanol–water partition coefficient (Wildman–Crippen LogP) is 3.98. The Hall–Kier alpha value is -3.39. The molecule has 0 bridgehead atoms. The van der Waals surface area contributed by atoms with Crippen LogP contribution in [0.3, 0.4) is 0 Å². The first-order valence-electron chi connectivity index (χ1n) is 7.74. The van der Waals surface area contributed by atoms with E-state index >= 15 is 0 Å². The van der Waals surface area contributed by atoms with Crippen LogP contribution >= 0.6 is 11.6 Å². The van der Waals surface area contributed by atoms with Gasteiger partial charge in [-0.15, -0.1) is 0 Å². The minimum Gasteiger partial charge on any atom is -0.321 e. The van der Waals surface area contributed by atoms with Gasteiger partial charge in [0.15, 0.2) is 5.82 Å². The molecule has 0 aliphatic rings. The average Bonchev–Trinajstić information content (AvgIpc) is 3.07. The number of nitrogens with zero attached hydrogens (tertiary/aromatic N) is 4. The van der Waals surface area contributed by atoms with Crippen molar-refractivity contribution >= 4 is 28.8 Å². The average molecular weight is 386 g/mol. The number of amides is 1. The van der Waals surface area contributed by atoms with E-state index in [4.69, 9.17) is 11.6 Å².